The second-order valence-electron chi connectivity index (χ2n) is 14.9. The van der Waals surface area contributed by atoms with Crippen LogP contribution in [0.15, 0.2) is 122 Å². The van der Waals surface area contributed by atoms with E-state index in [0.717, 1.165) is 92.3 Å². The third-order valence-electron chi connectivity index (χ3n) is 11.0. The van der Waals surface area contributed by atoms with Gasteiger partial charge in [0.1, 0.15) is 10.5 Å². The van der Waals surface area contributed by atoms with Crippen LogP contribution in [0.4, 0.5) is 5.69 Å². The minimum atomic E-state index is -0.192. The lowest BCUT2D eigenvalue weighted by atomic mass is 9.88. The predicted octanol–water partition coefficient (Wildman–Crippen LogP) is 9.82. The summed E-state index contributed by atoms with van der Waals surface area (Å²) in [7, 11) is 0. The molecule has 1 aliphatic heterocycles. The highest BCUT2D eigenvalue weighted by atomic mass is 32.2. The van der Waals surface area contributed by atoms with Crippen LogP contribution >= 0.6 is 57.1 Å². The number of aromatic nitrogens is 1. The summed E-state index contributed by atoms with van der Waals surface area (Å²) in [5.74, 6) is -0.0812. The Bertz CT molecular complexity index is 3310. The number of fused-ring (bicyclic) bond motifs is 2. The summed E-state index contributed by atoms with van der Waals surface area (Å²) in [5.41, 5.74) is 2.64. The fraction of sp³-hybridized carbons (Fsp3) is 0.250. The molecule has 0 spiro atoms. The van der Waals surface area contributed by atoms with Crippen molar-refractivity contribution in [2.45, 2.75) is 76.7 Å². The van der Waals surface area contributed by atoms with Crippen LogP contribution in [-0.2, 0) is 11.3 Å². The number of unbranched alkanes of at least 4 members (excludes halogenated alkanes) is 6. The Labute approximate surface area is 361 Å². The van der Waals surface area contributed by atoms with Crippen molar-refractivity contribution in [3.8, 4) is 0 Å². The monoisotopic (exact) mass is 871 g/mol. The quantitative estimate of drug-likeness (QED) is 0.0974. The van der Waals surface area contributed by atoms with Gasteiger partial charge in [-0.05, 0) is 73.5 Å². The molecule has 6 nitrogen and oxygen atoms in total. The van der Waals surface area contributed by atoms with Crippen molar-refractivity contribution in [1.29, 1.82) is 0 Å². The van der Waals surface area contributed by atoms with Crippen LogP contribution in [0.25, 0.3) is 21.9 Å². The molecular weight excluding hydrogens is 829 g/mol. The highest BCUT2D eigenvalue weighted by Crippen LogP contribution is 2.47. The SMILES string of the molecule is CCCCCCN1C(=CC2=C(O)C(=c3ccc(=c4ccc(=c5ccc(=c6c(=O)c(=Cc7sc8ccccc8[n+]7CCCCCC)c6=O)s5)s4)s3)C2=O)Sc2ccccc21. The van der Waals surface area contributed by atoms with E-state index < -0.39 is 0 Å². The molecule has 0 radical (unpaired) electrons. The number of allylic oxidation sites excluding steroid dienone is 3. The zero-order chi connectivity index (χ0) is 40.6. The summed E-state index contributed by atoms with van der Waals surface area (Å²) in [6, 6.07) is 28.5. The molecule has 11 heteroatoms. The van der Waals surface area contributed by atoms with E-state index in [0.29, 0.717) is 15.7 Å². The number of aliphatic hydroxyl groups is 1. The molecule has 0 saturated carbocycles. The molecule has 0 bridgehead atoms. The maximum Gasteiger partial charge on any atom is 0.263 e. The topological polar surface area (TPSA) is 78.6 Å². The first-order valence-electron chi connectivity index (χ1n) is 20.4. The van der Waals surface area contributed by atoms with Gasteiger partial charge in [-0.15, -0.1) is 34.0 Å². The number of hydrogen-bond acceptors (Lipinski definition) is 10. The molecule has 1 N–H and O–H groups in total. The van der Waals surface area contributed by atoms with E-state index in [9.17, 15) is 19.5 Å². The maximum atomic E-state index is 13.6. The van der Waals surface area contributed by atoms with Gasteiger partial charge in [-0.1, -0.05) is 93.3 Å². The summed E-state index contributed by atoms with van der Waals surface area (Å²) in [6.07, 6.45) is 12.8. The number of thiazole rings is 1. The van der Waals surface area contributed by atoms with E-state index in [-0.39, 0.29) is 32.8 Å². The first-order chi connectivity index (χ1) is 28.8. The zero-order valence-corrected chi connectivity index (χ0v) is 37.0. The van der Waals surface area contributed by atoms with Crippen LogP contribution in [0.3, 0.4) is 0 Å². The van der Waals surface area contributed by atoms with Gasteiger partial charge in [-0.25, -0.2) is 0 Å². The molecule has 0 amide bonds. The first kappa shape index (κ1) is 39.8. The molecule has 4 aromatic heterocycles. The number of nitrogens with zero attached hydrogens (tertiary/aromatic N) is 2. The lowest BCUT2D eigenvalue weighted by Gasteiger charge is -2.23. The number of thioether (sulfide) groups is 1. The van der Waals surface area contributed by atoms with E-state index >= 15 is 0 Å². The number of Topliss-reactive ketones (excluding diaryl/α,β-unsaturated/α-hetero) is 1. The summed E-state index contributed by atoms with van der Waals surface area (Å²) in [6.45, 7) is 6.15. The lowest BCUT2D eigenvalue weighted by molar-refractivity contribution is -0.669. The van der Waals surface area contributed by atoms with Crippen molar-refractivity contribution in [3.63, 3.8) is 0 Å². The van der Waals surface area contributed by atoms with E-state index in [4.69, 9.17) is 0 Å². The average molecular weight is 872 g/mol. The summed E-state index contributed by atoms with van der Waals surface area (Å²) >= 11 is 7.86. The van der Waals surface area contributed by atoms with Gasteiger partial charge < -0.3 is 10.0 Å². The molecule has 298 valence electrons. The maximum absolute atomic E-state index is 13.6. The molecule has 3 aromatic carbocycles. The number of hydrogen-bond donors (Lipinski definition) is 1. The van der Waals surface area contributed by atoms with E-state index in [1.165, 1.54) is 48.4 Å². The van der Waals surface area contributed by atoms with Crippen molar-refractivity contribution in [2.24, 2.45) is 0 Å². The molecule has 1 aliphatic carbocycles. The molecule has 59 heavy (non-hydrogen) atoms. The van der Waals surface area contributed by atoms with Crippen molar-refractivity contribution >= 4 is 90.4 Å². The second kappa shape index (κ2) is 17.1. The molecule has 0 unspecified atom stereocenters. The van der Waals surface area contributed by atoms with Crippen molar-refractivity contribution < 1.29 is 14.5 Å². The Morgan fingerprint density at radius 3 is 1.97 bits per heavy atom. The Kier molecular flexibility index (Phi) is 11.6. The number of carbonyl (C=O) groups is 1. The molecule has 9 rings (SSSR count). The number of carbonyl (C=O) groups excluding carboxylic acids is 1. The molecule has 0 saturated heterocycles. The normalized spacial score (nSPS) is 16.8. The van der Waals surface area contributed by atoms with Crippen molar-refractivity contribution in [2.75, 3.05) is 11.4 Å². The van der Waals surface area contributed by atoms with Gasteiger partial charge in [-0.3, -0.25) is 14.4 Å². The molecule has 5 heterocycles. The minimum absolute atomic E-state index is 0.0531. The minimum Gasteiger partial charge on any atom is -0.506 e. The Balaban J connectivity index is 1.03. The van der Waals surface area contributed by atoms with Gasteiger partial charge in [0.2, 0.25) is 22.2 Å². The zero-order valence-electron chi connectivity index (χ0n) is 32.9. The van der Waals surface area contributed by atoms with Crippen LogP contribution in [0, 0.1) is 27.9 Å². The van der Waals surface area contributed by atoms with Gasteiger partial charge in [0.05, 0.1) is 32.3 Å². The van der Waals surface area contributed by atoms with E-state index in [2.05, 4.69) is 59.7 Å². The summed E-state index contributed by atoms with van der Waals surface area (Å²) in [5, 5.41) is 13.7. The van der Waals surface area contributed by atoms with Crippen LogP contribution in [-0.4, -0.2) is 17.4 Å². The number of rotatable bonds is 12. The fourth-order valence-electron chi connectivity index (χ4n) is 7.79. The average Bonchev–Trinajstić information content (AvgIpc) is 4.10. The summed E-state index contributed by atoms with van der Waals surface area (Å²) < 4.78 is 8.91. The van der Waals surface area contributed by atoms with Gasteiger partial charge >= 0.3 is 0 Å². The van der Waals surface area contributed by atoms with Crippen molar-refractivity contribution in [1.82, 2.24) is 0 Å². The highest BCUT2D eigenvalue weighted by molar-refractivity contribution is 8.03. The van der Waals surface area contributed by atoms with Gasteiger partial charge in [0, 0.05) is 57.2 Å². The molecule has 0 atom stereocenters. The van der Waals surface area contributed by atoms with E-state index in [1.54, 1.807) is 40.5 Å². The number of aryl methyl sites for hydroxylation is 1. The Morgan fingerprint density at radius 2 is 1.25 bits per heavy atom. The number of anilines is 1. The van der Waals surface area contributed by atoms with E-state index in [1.807, 2.05) is 54.6 Å². The Hall–Kier alpha value is -4.65. The van der Waals surface area contributed by atoms with Gasteiger partial charge in [-0.2, -0.15) is 4.57 Å². The van der Waals surface area contributed by atoms with Crippen LogP contribution < -0.4 is 30.1 Å². The number of thiophene rings is 3. The van der Waals surface area contributed by atoms with Crippen LogP contribution in [0.5, 0.6) is 0 Å². The van der Waals surface area contributed by atoms with Gasteiger partial charge in [0.15, 0.2) is 6.54 Å². The summed E-state index contributed by atoms with van der Waals surface area (Å²) in [4.78, 5) is 44.0. The molecule has 0 fully saturated rings. The standard InChI is InChI=1S/C48H42N2O4S5/c1-3-5-7-13-25-49-31-15-9-11-17-33(31)58-41(49)27-29-45(51)43(46(29)52)39-23-21-37(56-39)35-19-20-36(55-35)38-22-24-40(57-38)44-47(53)30(48(44)54)28-42-50(26-14-8-6-4-2)32-16-10-12-18-34(32)59-42/h9-12,15-24,27-28H,3-8,13-14,25-26H2,1-2H3/p+1. The smallest absolute Gasteiger partial charge is 0.263 e. The molecule has 7 aromatic rings. The third kappa shape index (κ3) is 7.57. The molecule has 2 aliphatic rings. The predicted molar refractivity (Wildman–Crippen MR) is 246 cm³/mol. The van der Waals surface area contributed by atoms with Crippen LogP contribution in [0.2, 0.25) is 0 Å². The largest absolute Gasteiger partial charge is 0.506 e. The third-order valence-corrected chi connectivity index (χ3v) is 16.9. The second-order valence-corrected chi connectivity index (χ2v) is 20.3. The number of benzene rings is 2. The number of ketones is 1. The lowest BCUT2D eigenvalue weighted by Crippen LogP contribution is -2.50. The Morgan fingerprint density at radius 1 is 0.644 bits per heavy atom. The van der Waals surface area contributed by atoms with Crippen molar-refractivity contribution in [3.05, 3.63) is 170 Å². The van der Waals surface area contributed by atoms with Gasteiger partial charge in [0.25, 0.3) is 5.01 Å². The molecular formula is C48H43N2O4S5+. The fourth-order valence-corrected chi connectivity index (χ4v) is 13.3. The first-order valence-corrected chi connectivity index (χ1v) is 24.4. The number of aliphatic hydroxyl groups excluding tert-OH is 1. The number of para-hydroxylation sites is 2. The highest BCUT2D eigenvalue weighted by Gasteiger charge is 2.35. The van der Waals surface area contributed by atoms with Crippen LogP contribution in [0.1, 0.15) is 70.2 Å².